The molecule has 0 saturated carbocycles. The van der Waals surface area contributed by atoms with Crippen LogP contribution >= 0.6 is 0 Å². The second-order valence-corrected chi connectivity index (χ2v) is 8.01. The minimum atomic E-state index is -0.439. The van der Waals surface area contributed by atoms with Gasteiger partial charge in [-0.15, -0.1) is 0 Å². The number of guanidine groups is 1. The topological polar surface area (TPSA) is 59.5 Å². The van der Waals surface area contributed by atoms with Gasteiger partial charge >= 0.3 is 6.03 Å². The fourth-order valence-corrected chi connectivity index (χ4v) is 4.50. The molecule has 1 aromatic carbocycles. The van der Waals surface area contributed by atoms with Gasteiger partial charge < -0.3 is 14.7 Å². The molecule has 3 heterocycles. The number of hydrogen-bond donors (Lipinski definition) is 0. The zero-order chi connectivity index (χ0) is 20.0. The number of nitrogens with zero attached hydrogens (tertiary/aromatic N) is 5. The summed E-state index contributed by atoms with van der Waals surface area (Å²) in [5.41, 5.74) is 3.53. The van der Waals surface area contributed by atoms with Crippen molar-refractivity contribution in [1.82, 2.24) is 14.7 Å². The van der Waals surface area contributed by atoms with Crippen molar-refractivity contribution < 1.29 is 9.59 Å². The molecule has 2 unspecified atom stereocenters. The van der Waals surface area contributed by atoms with E-state index in [1.54, 1.807) is 11.9 Å². The summed E-state index contributed by atoms with van der Waals surface area (Å²) in [6.07, 6.45) is 2.48. The maximum Gasteiger partial charge on any atom is 0.328 e. The number of imide groups is 1. The highest BCUT2D eigenvalue weighted by molar-refractivity contribution is 6.08. The first-order valence-electron chi connectivity index (χ1n) is 10.2. The number of unbranched alkanes of at least 4 members (excludes halogenated alkanes) is 2. The number of aryl methyl sites for hydroxylation is 2. The van der Waals surface area contributed by atoms with Crippen LogP contribution in [0.3, 0.4) is 0 Å². The molecule has 2 fully saturated rings. The van der Waals surface area contributed by atoms with Gasteiger partial charge in [-0.1, -0.05) is 37.5 Å². The molecule has 3 aliphatic heterocycles. The van der Waals surface area contributed by atoms with E-state index in [0.717, 1.165) is 44.0 Å². The number of amides is 3. The van der Waals surface area contributed by atoms with Crippen molar-refractivity contribution in [3.05, 3.63) is 29.3 Å². The minimum Gasteiger partial charge on any atom is -0.325 e. The van der Waals surface area contributed by atoms with E-state index in [9.17, 15) is 9.59 Å². The van der Waals surface area contributed by atoms with Crippen LogP contribution in [0.25, 0.3) is 0 Å². The molecule has 7 heteroatoms. The van der Waals surface area contributed by atoms with Gasteiger partial charge in [-0.2, -0.15) is 0 Å². The molecule has 3 amide bonds. The van der Waals surface area contributed by atoms with Crippen LogP contribution < -0.4 is 4.90 Å². The SMILES string of the molecule is CCCCCN1C(=O)C2C(N=C3N(c4ccc(C)cc4C)CCN32)N(C)C1=O. The van der Waals surface area contributed by atoms with Crippen molar-refractivity contribution >= 4 is 23.6 Å². The highest BCUT2D eigenvalue weighted by Gasteiger charge is 2.54. The lowest BCUT2D eigenvalue weighted by Gasteiger charge is -2.40. The maximum atomic E-state index is 13.2. The third kappa shape index (κ3) is 2.84. The average Bonchev–Trinajstić information content (AvgIpc) is 3.22. The standard InChI is InChI=1S/C21H29N5O2/c1-5-6-7-10-26-19(27)17-18(23(4)21(26)28)22-20-24(11-12-25(17)20)16-9-8-14(2)13-15(16)3/h8-9,13,17-18H,5-7,10-12H2,1-4H3. The number of anilines is 1. The summed E-state index contributed by atoms with van der Waals surface area (Å²) >= 11 is 0. The smallest absolute Gasteiger partial charge is 0.325 e. The Balaban J connectivity index is 1.61. The first-order chi connectivity index (χ1) is 13.4. The van der Waals surface area contributed by atoms with Gasteiger partial charge in [0.05, 0.1) is 0 Å². The summed E-state index contributed by atoms with van der Waals surface area (Å²) in [6.45, 7) is 8.33. The van der Waals surface area contributed by atoms with Crippen molar-refractivity contribution in [3.8, 4) is 0 Å². The van der Waals surface area contributed by atoms with Crippen LogP contribution in [0.5, 0.6) is 0 Å². The van der Waals surface area contributed by atoms with Crippen molar-refractivity contribution in [3.63, 3.8) is 0 Å². The number of urea groups is 1. The molecule has 150 valence electrons. The van der Waals surface area contributed by atoms with Crippen LogP contribution in [-0.4, -0.2) is 71.5 Å². The van der Waals surface area contributed by atoms with Gasteiger partial charge in [0.25, 0.3) is 5.91 Å². The normalized spacial score (nSPS) is 24.1. The van der Waals surface area contributed by atoms with Crippen LogP contribution in [-0.2, 0) is 4.79 Å². The summed E-state index contributed by atoms with van der Waals surface area (Å²) in [7, 11) is 1.76. The van der Waals surface area contributed by atoms with E-state index in [0.29, 0.717) is 6.54 Å². The van der Waals surface area contributed by atoms with E-state index >= 15 is 0 Å². The summed E-state index contributed by atoms with van der Waals surface area (Å²) in [5.74, 6) is 0.704. The number of rotatable bonds is 5. The Hall–Kier alpha value is -2.57. The van der Waals surface area contributed by atoms with Crippen molar-refractivity contribution in [2.24, 2.45) is 4.99 Å². The van der Waals surface area contributed by atoms with Crippen LogP contribution in [0, 0.1) is 13.8 Å². The zero-order valence-corrected chi connectivity index (χ0v) is 17.2. The number of likely N-dealkylation sites (N-methyl/N-ethyl adjacent to an activating group) is 1. The summed E-state index contributed by atoms with van der Waals surface area (Å²) in [4.78, 5) is 38.1. The minimum absolute atomic E-state index is 0.106. The predicted molar refractivity (Wildman–Crippen MR) is 109 cm³/mol. The molecular formula is C21H29N5O2. The van der Waals surface area contributed by atoms with Crippen molar-refractivity contribution in [1.29, 1.82) is 0 Å². The van der Waals surface area contributed by atoms with Gasteiger partial charge in [-0.05, 0) is 31.9 Å². The molecule has 2 saturated heterocycles. The van der Waals surface area contributed by atoms with E-state index < -0.39 is 12.2 Å². The lowest BCUT2D eigenvalue weighted by molar-refractivity contribution is -0.137. The van der Waals surface area contributed by atoms with Crippen LogP contribution in [0.2, 0.25) is 0 Å². The van der Waals surface area contributed by atoms with Gasteiger partial charge in [0.1, 0.15) is 0 Å². The maximum absolute atomic E-state index is 13.2. The lowest BCUT2D eigenvalue weighted by Crippen LogP contribution is -2.64. The van der Waals surface area contributed by atoms with Gasteiger partial charge in [0.2, 0.25) is 5.96 Å². The van der Waals surface area contributed by atoms with Gasteiger partial charge in [0, 0.05) is 32.4 Å². The number of fused-ring (bicyclic) bond motifs is 3. The third-order valence-electron chi connectivity index (χ3n) is 6.01. The Morgan fingerprint density at radius 2 is 1.93 bits per heavy atom. The van der Waals surface area contributed by atoms with E-state index in [-0.39, 0.29) is 11.9 Å². The second-order valence-electron chi connectivity index (χ2n) is 8.01. The zero-order valence-electron chi connectivity index (χ0n) is 17.2. The van der Waals surface area contributed by atoms with E-state index in [2.05, 4.69) is 48.8 Å². The first-order valence-corrected chi connectivity index (χ1v) is 10.2. The molecule has 3 aliphatic rings. The van der Waals surface area contributed by atoms with E-state index in [4.69, 9.17) is 4.99 Å². The highest BCUT2D eigenvalue weighted by atomic mass is 16.2. The van der Waals surface area contributed by atoms with Crippen LogP contribution in [0.4, 0.5) is 10.5 Å². The quantitative estimate of drug-likeness (QED) is 0.734. The predicted octanol–water partition coefficient (Wildman–Crippen LogP) is 2.57. The Kier molecular flexibility index (Phi) is 4.77. The molecule has 4 rings (SSSR count). The number of aliphatic imine (C=N–C) groups is 1. The lowest BCUT2D eigenvalue weighted by atomic mass is 10.1. The molecule has 7 nitrogen and oxygen atoms in total. The molecule has 0 aliphatic carbocycles. The van der Waals surface area contributed by atoms with Gasteiger partial charge in [-0.25, -0.2) is 9.79 Å². The van der Waals surface area contributed by atoms with Gasteiger partial charge in [-0.3, -0.25) is 9.69 Å². The summed E-state index contributed by atoms with van der Waals surface area (Å²) < 4.78 is 0. The van der Waals surface area contributed by atoms with E-state index in [1.165, 1.54) is 16.0 Å². The number of carbonyl (C=O) groups excluding carboxylic acids is 2. The second kappa shape index (κ2) is 7.11. The Bertz CT molecular complexity index is 836. The largest absolute Gasteiger partial charge is 0.328 e. The Morgan fingerprint density at radius 3 is 2.64 bits per heavy atom. The Labute approximate surface area is 166 Å². The van der Waals surface area contributed by atoms with Crippen molar-refractivity contribution in [2.75, 3.05) is 31.6 Å². The number of hydrogen-bond acceptors (Lipinski definition) is 5. The molecular weight excluding hydrogens is 354 g/mol. The fraction of sp³-hybridized carbons (Fsp3) is 0.571. The third-order valence-corrected chi connectivity index (χ3v) is 6.01. The van der Waals surface area contributed by atoms with Crippen LogP contribution in [0.1, 0.15) is 37.3 Å². The van der Waals surface area contributed by atoms with Crippen LogP contribution in [0.15, 0.2) is 23.2 Å². The molecule has 0 N–H and O–H groups in total. The Morgan fingerprint density at radius 1 is 1.14 bits per heavy atom. The van der Waals surface area contributed by atoms with Crippen molar-refractivity contribution in [2.45, 2.75) is 52.2 Å². The molecule has 2 atom stereocenters. The number of benzene rings is 1. The molecule has 0 bridgehead atoms. The average molecular weight is 383 g/mol. The molecule has 0 aromatic heterocycles. The summed E-state index contributed by atoms with van der Waals surface area (Å²) in [6, 6.07) is 5.74. The number of carbonyl (C=O) groups is 2. The molecule has 0 radical (unpaired) electrons. The molecule has 0 spiro atoms. The fourth-order valence-electron chi connectivity index (χ4n) is 4.50. The summed E-state index contributed by atoms with van der Waals surface area (Å²) in [5, 5.41) is 0. The first kappa shape index (κ1) is 18.8. The molecule has 1 aromatic rings. The van der Waals surface area contributed by atoms with Gasteiger partial charge in [0.15, 0.2) is 12.2 Å². The monoisotopic (exact) mass is 383 g/mol. The van der Waals surface area contributed by atoms with E-state index in [1.807, 2.05) is 0 Å². The molecule has 28 heavy (non-hydrogen) atoms. The highest BCUT2D eigenvalue weighted by Crippen LogP contribution is 2.34.